The molecule has 0 fully saturated rings. The number of nitrogens with zero attached hydrogens (tertiary/aromatic N) is 1. The second-order valence-electron chi connectivity index (χ2n) is 6.12. The van der Waals surface area contributed by atoms with Gasteiger partial charge in [-0.1, -0.05) is 50.2 Å². The number of fused-ring (bicyclic) bond motifs is 1. The minimum Gasteiger partial charge on any atom is -0.331 e. The fourth-order valence-electron chi connectivity index (χ4n) is 3.33. The molecule has 0 N–H and O–H groups in total. The standard InChI is InChI=1S/C19H20BrNO/c1-13(2)18-15-8-4-3-7-14(15)11-12-21(18)19(22)16-9-5-6-10-17(16)20/h3-10,13,18H,11-12H2,1-2H3. The molecule has 3 heteroatoms. The Hall–Kier alpha value is -1.61. The van der Waals surface area contributed by atoms with Crippen LogP contribution in [0.25, 0.3) is 0 Å². The summed E-state index contributed by atoms with van der Waals surface area (Å²) in [6, 6.07) is 16.3. The predicted octanol–water partition coefficient (Wildman–Crippen LogP) is 4.84. The maximum atomic E-state index is 13.0. The molecule has 0 aromatic heterocycles. The molecule has 1 aliphatic rings. The molecule has 1 aliphatic heterocycles. The number of rotatable bonds is 2. The van der Waals surface area contributed by atoms with Crippen LogP contribution in [-0.4, -0.2) is 17.4 Å². The molecule has 0 aliphatic carbocycles. The van der Waals surface area contributed by atoms with Gasteiger partial charge >= 0.3 is 0 Å². The van der Waals surface area contributed by atoms with Gasteiger partial charge in [-0.2, -0.15) is 0 Å². The Morgan fingerprint density at radius 3 is 2.55 bits per heavy atom. The van der Waals surface area contributed by atoms with E-state index in [1.54, 1.807) is 0 Å². The molecule has 2 aromatic carbocycles. The van der Waals surface area contributed by atoms with Gasteiger partial charge in [0, 0.05) is 11.0 Å². The van der Waals surface area contributed by atoms with Crippen molar-refractivity contribution in [3.05, 3.63) is 69.7 Å². The van der Waals surface area contributed by atoms with Crippen molar-refractivity contribution in [1.82, 2.24) is 4.90 Å². The molecule has 2 nitrogen and oxygen atoms in total. The van der Waals surface area contributed by atoms with E-state index in [-0.39, 0.29) is 11.9 Å². The molecule has 1 atom stereocenters. The molecule has 0 spiro atoms. The van der Waals surface area contributed by atoms with Gasteiger partial charge in [0.1, 0.15) is 0 Å². The summed E-state index contributed by atoms with van der Waals surface area (Å²) in [6.45, 7) is 5.15. The quantitative estimate of drug-likeness (QED) is 0.752. The monoisotopic (exact) mass is 357 g/mol. The molecular formula is C19H20BrNO. The maximum absolute atomic E-state index is 13.0. The molecule has 0 radical (unpaired) electrons. The highest BCUT2D eigenvalue weighted by Gasteiger charge is 2.33. The van der Waals surface area contributed by atoms with Crippen LogP contribution in [0.3, 0.4) is 0 Å². The van der Waals surface area contributed by atoms with Crippen LogP contribution in [0.15, 0.2) is 53.0 Å². The fraction of sp³-hybridized carbons (Fsp3) is 0.316. The van der Waals surface area contributed by atoms with E-state index >= 15 is 0 Å². The lowest BCUT2D eigenvalue weighted by Crippen LogP contribution is -2.42. The van der Waals surface area contributed by atoms with E-state index < -0.39 is 0 Å². The smallest absolute Gasteiger partial charge is 0.255 e. The van der Waals surface area contributed by atoms with E-state index in [2.05, 4.69) is 54.0 Å². The van der Waals surface area contributed by atoms with E-state index in [1.165, 1.54) is 11.1 Å². The van der Waals surface area contributed by atoms with Crippen LogP contribution in [0, 0.1) is 5.92 Å². The Morgan fingerprint density at radius 1 is 1.14 bits per heavy atom. The van der Waals surface area contributed by atoms with Crippen LogP contribution in [-0.2, 0) is 6.42 Å². The van der Waals surface area contributed by atoms with Crippen LogP contribution < -0.4 is 0 Å². The van der Waals surface area contributed by atoms with Gasteiger partial charge in [-0.05, 0) is 51.5 Å². The molecule has 114 valence electrons. The van der Waals surface area contributed by atoms with Crippen molar-refractivity contribution in [3.8, 4) is 0 Å². The topological polar surface area (TPSA) is 20.3 Å². The zero-order valence-corrected chi connectivity index (χ0v) is 14.5. The van der Waals surface area contributed by atoms with E-state index in [0.717, 1.165) is 23.0 Å². The zero-order valence-electron chi connectivity index (χ0n) is 12.9. The summed E-state index contributed by atoms with van der Waals surface area (Å²) < 4.78 is 0.862. The summed E-state index contributed by atoms with van der Waals surface area (Å²) in [7, 11) is 0. The van der Waals surface area contributed by atoms with Gasteiger partial charge in [-0.3, -0.25) is 4.79 Å². The van der Waals surface area contributed by atoms with Crippen molar-refractivity contribution in [2.45, 2.75) is 26.3 Å². The third-order valence-electron chi connectivity index (χ3n) is 4.33. The summed E-state index contributed by atoms with van der Waals surface area (Å²) in [5, 5.41) is 0. The SMILES string of the molecule is CC(C)C1c2ccccc2CCN1C(=O)c1ccccc1Br. The Morgan fingerprint density at radius 2 is 1.82 bits per heavy atom. The van der Waals surface area contributed by atoms with E-state index in [4.69, 9.17) is 0 Å². The lowest BCUT2D eigenvalue weighted by molar-refractivity contribution is 0.0602. The van der Waals surface area contributed by atoms with Gasteiger partial charge in [0.2, 0.25) is 0 Å². The highest BCUT2D eigenvalue weighted by atomic mass is 79.9. The predicted molar refractivity (Wildman–Crippen MR) is 92.9 cm³/mol. The first-order valence-electron chi connectivity index (χ1n) is 7.73. The molecule has 0 saturated heterocycles. The first-order chi connectivity index (χ1) is 10.6. The van der Waals surface area contributed by atoms with Crippen molar-refractivity contribution < 1.29 is 4.79 Å². The van der Waals surface area contributed by atoms with E-state index in [9.17, 15) is 4.79 Å². The Kier molecular flexibility index (Phi) is 4.34. The average Bonchev–Trinajstić information content (AvgIpc) is 2.53. The Bertz CT molecular complexity index is 695. The molecular weight excluding hydrogens is 338 g/mol. The number of amides is 1. The first-order valence-corrected chi connectivity index (χ1v) is 8.52. The summed E-state index contributed by atoms with van der Waals surface area (Å²) in [5.74, 6) is 0.494. The number of halogens is 1. The number of carbonyl (C=O) groups excluding carboxylic acids is 1. The van der Waals surface area contributed by atoms with Gasteiger partial charge in [0.05, 0.1) is 11.6 Å². The first kappa shape index (κ1) is 15.3. The minimum absolute atomic E-state index is 0.112. The molecule has 0 bridgehead atoms. The van der Waals surface area contributed by atoms with Crippen LogP contribution in [0.4, 0.5) is 0 Å². The molecule has 0 saturated carbocycles. The van der Waals surface area contributed by atoms with Crippen molar-refractivity contribution in [2.75, 3.05) is 6.54 Å². The van der Waals surface area contributed by atoms with Crippen LogP contribution in [0.2, 0.25) is 0 Å². The van der Waals surface area contributed by atoms with Gasteiger partial charge in [-0.25, -0.2) is 0 Å². The van der Waals surface area contributed by atoms with Crippen LogP contribution in [0.5, 0.6) is 0 Å². The van der Waals surface area contributed by atoms with Gasteiger partial charge in [0.15, 0.2) is 0 Å². The molecule has 2 aromatic rings. The van der Waals surface area contributed by atoms with Crippen molar-refractivity contribution in [1.29, 1.82) is 0 Å². The zero-order chi connectivity index (χ0) is 15.7. The minimum atomic E-state index is 0.112. The van der Waals surface area contributed by atoms with Gasteiger partial charge in [-0.15, -0.1) is 0 Å². The van der Waals surface area contributed by atoms with E-state index in [1.807, 2.05) is 29.2 Å². The molecule has 22 heavy (non-hydrogen) atoms. The lowest BCUT2D eigenvalue weighted by atomic mass is 9.86. The maximum Gasteiger partial charge on any atom is 0.255 e. The number of hydrogen-bond acceptors (Lipinski definition) is 1. The Labute approximate surface area is 140 Å². The number of carbonyl (C=O) groups is 1. The number of hydrogen-bond donors (Lipinski definition) is 0. The second-order valence-corrected chi connectivity index (χ2v) is 6.97. The number of benzene rings is 2. The van der Waals surface area contributed by atoms with Crippen molar-refractivity contribution >= 4 is 21.8 Å². The molecule has 1 amide bonds. The highest BCUT2D eigenvalue weighted by molar-refractivity contribution is 9.10. The van der Waals surface area contributed by atoms with Crippen molar-refractivity contribution in [3.63, 3.8) is 0 Å². The second kappa shape index (κ2) is 6.25. The van der Waals surface area contributed by atoms with E-state index in [0.29, 0.717) is 5.92 Å². The molecule has 1 unspecified atom stereocenters. The summed E-state index contributed by atoms with van der Waals surface area (Å²) in [5.41, 5.74) is 3.41. The third kappa shape index (κ3) is 2.70. The fourth-order valence-corrected chi connectivity index (χ4v) is 3.79. The normalized spacial score (nSPS) is 17.5. The van der Waals surface area contributed by atoms with Gasteiger partial charge in [0.25, 0.3) is 5.91 Å². The summed E-state index contributed by atoms with van der Waals surface area (Å²) in [6.07, 6.45) is 0.926. The van der Waals surface area contributed by atoms with Crippen LogP contribution in [0.1, 0.15) is 41.4 Å². The molecule has 1 heterocycles. The lowest BCUT2D eigenvalue weighted by Gasteiger charge is -2.40. The average molecular weight is 358 g/mol. The summed E-state index contributed by atoms with van der Waals surface area (Å²) >= 11 is 3.50. The van der Waals surface area contributed by atoms with Gasteiger partial charge < -0.3 is 4.90 Å². The Balaban J connectivity index is 2.01. The largest absolute Gasteiger partial charge is 0.331 e. The molecule has 3 rings (SSSR count). The third-order valence-corrected chi connectivity index (χ3v) is 5.02. The van der Waals surface area contributed by atoms with Crippen LogP contribution >= 0.6 is 15.9 Å². The highest BCUT2D eigenvalue weighted by Crippen LogP contribution is 2.36. The summed E-state index contributed by atoms with van der Waals surface area (Å²) in [4.78, 5) is 15.1. The van der Waals surface area contributed by atoms with Crippen molar-refractivity contribution in [2.24, 2.45) is 5.92 Å².